The fraction of sp³-hybridized carbons (Fsp3) is 0.355. The number of aryl methyl sites for hydroxylation is 1. The van der Waals surface area contributed by atoms with Gasteiger partial charge in [-0.3, -0.25) is 9.59 Å². The summed E-state index contributed by atoms with van der Waals surface area (Å²) in [6, 6.07) is 26.2. The van der Waals surface area contributed by atoms with Gasteiger partial charge in [0.1, 0.15) is 0 Å². The SMILES string of the molecule is CN(C)S(=O)(=O)C1(C(N)=O)CC(N2CCCCc3ccccc32)CN1C(=O)C(c1ccccc1)c1ccccc1. The second kappa shape index (κ2) is 11.1. The number of hydrogen-bond acceptors (Lipinski definition) is 5. The van der Waals surface area contributed by atoms with Crippen molar-refractivity contribution in [2.24, 2.45) is 5.73 Å². The Morgan fingerprint density at radius 1 is 0.900 bits per heavy atom. The van der Waals surface area contributed by atoms with Gasteiger partial charge in [-0.15, -0.1) is 0 Å². The number of rotatable bonds is 7. The van der Waals surface area contributed by atoms with Crippen molar-refractivity contribution in [3.05, 3.63) is 102 Å². The Balaban J connectivity index is 1.67. The smallest absolute Gasteiger partial charge is 0.260 e. The Labute approximate surface area is 236 Å². The zero-order valence-electron chi connectivity index (χ0n) is 22.9. The van der Waals surface area contributed by atoms with Crippen LogP contribution in [0.1, 0.15) is 41.9 Å². The van der Waals surface area contributed by atoms with Gasteiger partial charge in [0.15, 0.2) is 0 Å². The molecular formula is C31H36N4O4S. The number of carbonyl (C=O) groups excluding carboxylic acids is 2. The number of nitrogens with zero attached hydrogens (tertiary/aromatic N) is 3. The summed E-state index contributed by atoms with van der Waals surface area (Å²) in [4.78, 5) is 29.3. The summed E-state index contributed by atoms with van der Waals surface area (Å²) in [7, 11) is -1.59. The lowest BCUT2D eigenvalue weighted by Crippen LogP contribution is -2.64. The van der Waals surface area contributed by atoms with Gasteiger partial charge in [-0.1, -0.05) is 78.9 Å². The number of fused-ring (bicyclic) bond motifs is 1. The van der Waals surface area contributed by atoms with Gasteiger partial charge in [-0.2, -0.15) is 0 Å². The number of para-hydroxylation sites is 1. The van der Waals surface area contributed by atoms with Gasteiger partial charge in [0.25, 0.3) is 5.91 Å². The lowest BCUT2D eigenvalue weighted by Gasteiger charge is -2.38. The standard InChI is InChI=1S/C31H36N4O4S/c1-33(2)40(38,39)31(30(32)37)21-26(34-20-12-11-14-23-13-9-10-19-27(23)34)22-35(31)29(36)28(24-15-5-3-6-16-24)25-17-7-4-8-18-25/h3-10,13,15-19,26,28H,11-12,14,20-22H2,1-2H3,(H2,32,37). The minimum absolute atomic E-state index is 0.0549. The molecule has 0 spiro atoms. The Kier molecular flexibility index (Phi) is 7.70. The average Bonchev–Trinajstić information content (AvgIpc) is 3.25. The third-order valence-corrected chi connectivity index (χ3v) is 10.7. The molecule has 0 saturated carbocycles. The molecule has 0 radical (unpaired) electrons. The van der Waals surface area contributed by atoms with Crippen LogP contribution in [0.3, 0.4) is 0 Å². The molecule has 2 atom stereocenters. The van der Waals surface area contributed by atoms with Crippen LogP contribution in [0.4, 0.5) is 5.69 Å². The number of anilines is 1. The second-order valence-electron chi connectivity index (χ2n) is 10.8. The van der Waals surface area contributed by atoms with Gasteiger partial charge in [0, 0.05) is 39.3 Å². The molecule has 3 aromatic carbocycles. The van der Waals surface area contributed by atoms with Crippen LogP contribution in [0.5, 0.6) is 0 Å². The van der Waals surface area contributed by atoms with Crippen LogP contribution in [0, 0.1) is 0 Å². The third-order valence-electron chi connectivity index (χ3n) is 8.25. The van der Waals surface area contributed by atoms with Gasteiger partial charge in [0.2, 0.25) is 20.8 Å². The predicted octanol–water partition coefficient (Wildman–Crippen LogP) is 3.34. The monoisotopic (exact) mass is 560 g/mol. The van der Waals surface area contributed by atoms with E-state index >= 15 is 0 Å². The molecule has 8 nitrogen and oxygen atoms in total. The molecular weight excluding hydrogens is 524 g/mol. The van der Waals surface area contributed by atoms with Crippen molar-refractivity contribution < 1.29 is 18.0 Å². The minimum atomic E-state index is -4.35. The predicted molar refractivity (Wildman–Crippen MR) is 156 cm³/mol. The van der Waals surface area contributed by atoms with Crippen LogP contribution >= 0.6 is 0 Å². The molecule has 0 aliphatic carbocycles. The van der Waals surface area contributed by atoms with E-state index in [1.807, 2.05) is 78.9 Å². The minimum Gasteiger partial charge on any atom is -0.367 e. The average molecular weight is 561 g/mol. The highest BCUT2D eigenvalue weighted by molar-refractivity contribution is 7.91. The summed E-state index contributed by atoms with van der Waals surface area (Å²) in [5.41, 5.74) is 9.64. The fourth-order valence-corrected chi connectivity index (χ4v) is 7.96. The van der Waals surface area contributed by atoms with Crippen molar-refractivity contribution in [1.29, 1.82) is 0 Å². The highest BCUT2D eigenvalue weighted by Gasteiger charge is 2.63. The Bertz CT molecular complexity index is 1440. The van der Waals surface area contributed by atoms with E-state index < -0.39 is 38.7 Å². The zero-order valence-corrected chi connectivity index (χ0v) is 23.8. The van der Waals surface area contributed by atoms with Gasteiger partial charge >= 0.3 is 0 Å². The first kappa shape index (κ1) is 27.9. The molecule has 3 aromatic rings. The van der Waals surface area contributed by atoms with Crippen molar-refractivity contribution >= 4 is 27.5 Å². The van der Waals surface area contributed by atoms with Crippen LogP contribution in [0.15, 0.2) is 84.9 Å². The molecule has 2 aliphatic rings. The van der Waals surface area contributed by atoms with E-state index in [9.17, 15) is 18.0 Å². The second-order valence-corrected chi connectivity index (χ2v) is 13.1. The van der Waals surface area contributed by atoms with Gasteiger partial charge < -0.3 is 15.5 Å². The molecule has 2 aliphatic heterocycles. The van der Waals surface area contributed by atoms with Crippen molar-refractivity contribution in [3.8, 4) is 0 Å². The molecule has 2 heterocycles. The van der Waals surface area contributed by atoms with Crippen LogP contribution in [-0.2, 0) is 26.0 Å². The van der Waals surface area contributed by atoms with Crippen molar-refractivity contribution in [2.45, 2.75) is 42.5 Å². The topological polar surface area (TPSA) is 104 Å². The number of benzene rings is 3. The summed E-state index contributed by atoms with van der Waals surface area (Å²) >= 11 is 0. The number of hydrogen-bond donors (Lipinski definition) is 1. The van der Waals surface area contributed by atoms with E-state index in [4.69, 9.17) is 5.73 Å². The van der Waals surface area contributed by atoms with Crippen molar-refractivity contribution in [3.63, 3.8) is 0 Å². The third kappa shape index (κ3) is 4.67. The van der Waals surface area contributed by atoms with Crippen molar-refractivity contribution in [1.82, 2.24) is 9.21 Å². The highest BCUT2D eigenvalue weighted by atomic mass is 32.2. The molecule has 0 aromatic heterocycles. The Hall–Kier alpha value is -3.69. The molecule has 2 unspecified atom stereocenters. The van der Waals surface area contributed by atoms with E-state index in [1.165, 1.54) is 24.6 Å². The number of carbonyl (C=O) groups is 2. The molecule has 2 N–H and O–H groups in total. The van der Waals surface area contributed by atoms with Crippen molar-refractivity contribution in [2.75, 3.05) is 32.1 Å². The molecule has 2 amide bonds. The molecule has 1 fully saturated rings. The number of primary amides is 1. The summed E-state index contributed by atoms with van der Waals surface area (Å²) < 4.78 is 29.1. The number of amides is 2. The molecule has 210 valence electrons. The molecule has 9 heteroatoms. The highest BCUT2D eigenvalue weighted by Crippen LogP contribution is 2.43. The van der Waals surface area contributed by atoms with E-state index in [-0.39, 0.29) is 13.0 Å². The molecule has 5 rings (SSSR count). The maximum atomic E-state index is 14.7. The van der Waals surface area contributed by atoms with Gasteiger partial charge in [-0.05, 0) is 42.0 Å². The molecule has 40 heavy (non-hydrogen) atoms. The molecule has 1 saturated heterocycles. The first-order chi connectivity index (χ1) is 19.2. The van der Waals surface area contributed by atoms with Crippen LogP contribution in [0.25, 0.3) is 0 Å². The van der Waals surface area contributed by atoms with Gasteiger partial charge in [-0.25, -0.2) is 12.7 Å². The lowest BCUT2D eigenvalue weighted by molar-refractivity contribution is -0.139. The summed E-state index contributed by atoms with van der Waals surface area (Å²) in [5.74, 6) is -2.32. The van der Waals surface area contributed by atoms with Gasteiger partial charge in [0.05, 0.1) is 12.0 Å². The Morgan fingerprint density at radius 2 is 1.48 bits per heavy atom. The van der Waals surface area contributed by atoms with Crippen LogP contribution in [-0.4, -0.2) is 67.5 Å². The summed E-state index contributed by atoms with van der Waals surface area (Å²) in [5, 5.41) is 0. The zero-order chi connectivity index (χ0) is 28.5. The maximum absolute atomic E-state index is 14.7. The summed E-state index contributed by atoms with van der Waals surface area (Å²) in [6.07, 6.45) is 2.73. The number of nitrogens with two attached hydrogens (primary N) is 1. The van der Waals surface area contributed by atoms with E-state index in [2.05, 4.69) is 11.0 Å². The maximum Gasteiger partial charge on any atom is 0.260 e. The number of sulfonamides is 1. The first-order valence-corrected chi connectivity index (χ1v) is 15.1. The molecule has 0 bridgehead atoms. The fourth-order valence-electron chi connectivity index (χ4n) is 6.26. The first-order valence-electron chi connectivity index (χ1n) is 13.7. The quantitative estimate of drug-likeness (QED) is 0.478. The van der Waals surface area contributed by atoms with E-state index in [1.54, 1.807) is 0 Å². The largest absolute Gasteiger partial charge is 0.367 e. The van der Waals surface area contributed by atoms with Crippen LogP contribution in [0.2, 0.25) is 0 Å². The van der Waals surface area contributed by atoms with Crippen LogP contribution < -0.4 is 10.6 Å². The van der Waals surface area contributed by atoms with E-state index in [0.717, 1.165) is 29.3 Å². The normalized spacial score (nSPS) is 21.4. The summed E-state index contributed by atoms with van der Waals surface area (Å²) in [6.45, 7) is 0.751. The number of likely N-dealkylation sites (tertiary alicyclic amines) is 1. The van der Waals surface area contributed by atoms with E-state index in [0.29, 0.717) is 17.7 Å². The Morgan fingerprint density at radius 3 is 2.05 bits per heavy atom. The lowest BCUT2D eigenvalue weighted by atomic mass is 9.89.